The quantitative estimate of drug-likeness (QED) is 0.660. The first-order valence-corrected chi connectivity index (χ1v) is 9.98. The lowest BCUT2D eigenvalue weighted by molar-refractivity contribution is -0.113. The van der Waals surface area contributed by atoms with Gasteiger partial charge in [-0.25, -0.2) is 4.98 Å². The second-order valence-corrected chi connectivity index (χ2v) is 7.87. The zero-order chi connectivity index (χ0) is 20.3. The highest BCUT2D eigenvalue weighted by molar-refractivity contribution is 7.99. The highest BCUT2D eigenvalue weighted by Gasteiger charge is 2.11. The molecule has 0 spiro atoms. The molecule has 5 nitrogen and oxygen atoms in total. The summed E-state index contributed by atoms with van der Waals surface area (Å²) in [4.78, 5) is 29.3. The first-order chi connectivity index (χ1) is 13.3. The lowest BCUT2D eigenvalue weighted by Crippen LogP contribution is -2.22. The van der Waals surface area contributed by atoms with Crippen molar-refractivity contribution >= 4 is 23.4 Å². The van der Waals surface area contributed by atoms with E-state index in [0.717, 1.165) is 45.4 Å². The fraction of sp³-hybridized carbons (Fsp3) is 0.227. The maximum atomic E-state index is 12.8. The van der Waals surface area contributed by atoms with Crippen LogP contribution < -0.4 is 10.9 Å². The van der Waals surface area contributed by atoms with Gasteiger partial charge in [-0.05, 0) is 62.6 Å². The van der Waals surface area contributed by atoms with E-state index in [0.29, 0.717) is 5.03 Å². The van der Waals surface area contributed by atoms with Crippen LogP contribution in [0.25, 0.3) is 5.69 Å². The molecule has 6 heteroatoms. The summed E-state index contributed by atoms with van der Waals surface area (Å²) in [5.41, 5.74) is 5.67. The first kappa shape index (κ1) is 19.9. The molecule has 0 aliphatic rings. The minimum atomic E-state index is -0.225. The minimum absolute atomic E-state index is 0.117. The number of carbonyl (C=O) groups is 1. The number of nitrogens with one attached hydrogen (secondary N) is 1. The molecule has 0 saturated carbocycles. The average molecular weight is 394 g/mol. The summed E-state index contributed by atoms with van der Waals surface area (Å²) in [6, 6.07) is 11.8. The zero-order valence-corrected chi connectivity index (χ0v) is 17.3. The Kier molecular flexibility index (Phi) is 5.99. The van der Waals surface area contributed by atoms with E-state index in [1.165, 1.54) is 0 Å². The van der Waals surface area contributed by atoms with Gasteiger partial charge in [0.15, 0.2) is 5.03 Å². The van der Waals surface area contributed by atoms with E-state index in [4.69, 9.17) is 0 Å². The van der Waals surface area contributed by atoms with Crippen molar-refractivity contribution in [3.05, 3.63) is 81.4 Å². The Labute approximate surface area is 168 Å². The Balaban J connectivity index is 1.74. The van der Waals surface area contributed by atoms with E-state index >= 15 is 0 Å². The molecule has 0 saturated heterocycles. The number of hydrogen-bond donors (Lipinski definition) is 1. The van der Waals surface area contributed by atoms with Gasteiger partial charge >= 0.3 is 0 Å². The Morgan fingerprint density at radius 1 is 1.04 bits per heavy atom. The van der Waals surface area contributed by atoms with Crippen molar-refractivity contribution in [2.24, 2.45) is 0 Å². The lowest BCUT2D eigenvalue weighted by Gasteiger charge is -2.10. The van der Waals surface area contributed by atoms with Crippen LogP contribution in [0.3, 0.4) is 0 Å². The fourth-order valence-electron chi connectivity index (χ4n) is 3.06. The van der Waals surface area contributed by atoms with Crippen LogP contribution in [0.1, 0.15) is 22.3 Å². The zero-order valence-electron chi connectivity index (χ0n) is 16.4. The maximum Gasteiger partial charge on any atom is 0.287 e. The Hall–Kier alpha value is -2.86. The monoisotopic (exact) mass is 393 g/mol. The second kappa shape index (κ2) is 8.44. The van der Waals surface area contributed by atoms with E-state index in [1.807, 2.05) is 58.0 Å². The number of thioether (sulfide) groups is 1. The normalized spacial score (nSPS) is 10.7. The van der Waals surface area contributed by atoms with Crippen LogP contribution in [0.15, 0.2) is 58.6 Å². The van der Waals surface area contributed by atoms with Crippen LogP contribution >= 0.6 is 11.8 Å². The van der Waals surface area contributed by atoms with Gasteiger partial charge in [0.05, 0.1) is 5.75 Å². The number of nitrogens with zero attached hydrogens (tertiary/aromatic N) is 2. The molecule has 1 amide bonds. The van der Waals surface area contributed by atoms with Crippen molar-refractivity contribution in [3.8, 4) is 5.69 Å². The van der Waals surface area contributed by atoms with Crippen molar-refractivity contribution in [2.45, 2.75) is 32.7 Å². The summed E-state index contributed by atoms with van der Waals surface area (Å²) < 4.78 is 1.57. The Morgan fingerprint density at radius 3 is 2.43 bits per heavy atom. The van der Waals surface area contributed by atoms with Crippen molar-refractivity contribution in [1.29, 1.82) is 0 Å². The molecular formula is C22H23N3O2S. The van der Waals surface area contributed by atoms with Gasteiger partial charge in [0.2, 0.25) is 5.91 Å². The number of anilines is 1. The van der Waals surface area contributed by atoms with Gasteiger partial charge in [0.1, 0.15) is 0 Å². The Morgan fingerprint density at radius 2 is 1.75 bits per heavy atom. The van der Waals surface area contributed by atoms with Crippen LogP contribution in [0.4, 0.5) is 5.69 Å². The first-order valence-electron chi connectivity index (χ1n) is 9.00. The predicted molar refractivity (Wildman–Crippen MR) is 115 cm³/mol. The molecule has 1 aromatic heterocycles. The molecule has 0 aliphatic carbocycles. The number of benzene rings is 2. The molecule has 0 unspecified atom stereocenters. The van der Waals surface area contributed by atoms with Crippen molar-refractivity contribution in [3.63, 3.8) is 0 Å². The van der Waals surface area contributed by atoms with Crippen LogP contribution in [-0.2, 0) is 4.79 Å². The Bertz CT molecular complexity index is 1070. The van der Waals surface area contributed by atoms with Gasteiger partial charge in [0, 0.05) is 23.8 Å². The molecule has 144 valence electrons. The van der Waals surface area contributed by atoms with Gasteiger partial charge in [-0.2, -0.15) is 0 Å². The molecule has 28 heavy (non-hydrogen) atoms. The molecular weight excluding hydrogens is 370 g/mol. The minimum Gasteiger partial charge on any atom is -0.325 e. The molecule has 1 N–H and O–H groups in total. The van der Waals surface area contributed by atoms with E-state index in [-0.39, 0.29) is 17.2 Å². The van der Waals surface area contributed by atoms with Crippen molar-refractivity contribution in [2.75, 3.05) is 11.1 Å². The maximum absolute atomic E-state index is 12.8. The van der Waals surface area contributed by atoms with Crippen LogP contribution in [0.2, 0.25) is 0 Å². The highest BCUT2D eigenvalue weighted by Crippen LogP contribution is 2.18. The van der Waals surface area contributed by atoms with Crippen molar-refractivity contribution < 1.29 is 4.79 Å². The van der Waals surface area contributed by atoms with Gasteiger partial charge < -0.3 is 5.32 Å². The topological polar surface area (TPSA) is 64.0 Å². The van der Waals surface area contributed by atoms with Gasteiger partial charge in [0.25, 0.3) is 5.56 Å². The average Bonchev–Trinajstić information content (AvgIpc) is 2.62. The number of carbonyl (C=O) groups excluding carboxylic acids is 1. The summed E-state index contributed by atoms with van der Waals surface area (Å²) in [6.07, 6.45) is 3.24. The van der Waals surface area contributed by atoms with Gasteiger partial charge in [-0.3, -0.25) is 14.2 Å². The summed E-state index contributed by atoms with van der Waals surface area (Å²) >= 11 is 1.14. The predicted octanol–water partition coefficient (Wildman–Crippen LogP) is 4.20. The molecule has 3 rings (SSSR count). The summed E-state index contributed by atoms with van der Waals surface area (Å²) in [7, 11) is 0. The molecule has 3 aromatic rings. The van der Waals surface area contributed by atoms with E-state index < -0.39 is 0 Å². The molecule has 0 atom stereocenters. The standard InChI is InChI=1S/C22H23N3O2S/c1-14-5-6-19(17(4)10-14)24-20(26)13-28-21-22(27)25(8-7-23-21)18-11-15(2)9-16(3)12-18/h5-12H,13H2,1-4H3,(H,24,26). The molecule has 0 fully saturated rings. The third-order valence-electron chi connectivity index (χ3n) is 4.29. The van der Waals surface area contributed by atoms with Crippen LogP contribution in [-0.4, -0.2) is 21.2 Å². The van der Waals surface area contributed by atoms with E-state index in [9.17, 15) is 9.59 Å². The van der Waals surface area contributed by atoms with Gasteiger partial charge in [-0.1, -0.05) is 35.5 Å². The third-order valence-corrected chi connectivity index (χ3v) is 5.25. The SMILES string of the molecule is Cc1cc(C)cc(-n2ccnc(SCC(=O)Nc3ccc(C)cc3C)c2=O)c1. The summed E-state index contributed by atoms with van der Waals surface area (Å²) in [5.74, 6) is -0.0492. The smallest absolute Gasteiger partial charge is 0.287 e. The van der Waals surface area contributed by atoms with Crippen molar-refractivity contribution in [1.82, 2.24) is 9.55 Å². The molecule has 0 radical (unpaired) electrons. The van der Waals surface area contributed by atoms with Gasteiger partial charge in [-0.15, -0.1) is 0 Å². The highest BCUT2D eigenvalue weighted by atomic mass is 32.2. The van der Waals surface area contributed by atoms with Crippen LogP contribution in [0.5, 0.6) is 0 Å². The van der Waals surface area contributed by atoms with E-state index in [1.54, 1.807) is 17.0 Å². The number of amides is 1. The molecule has 0 aliphatic heterocycles. The fourth-order valence-corrected chi connectivity index (χ4v) is 3.76. The molecule has 2 aromatic carbocycles. The van der Waals surface area contributed by atoms with E-state index in [2.05, 4.69) is 16.4 Å². The summed E-state index contributed by atoms with van der Waals surface area (Å²) in [5, 5.41) is 3.20. The number of rotatable bonds is 5. The number of hydrogen-bond acceptors (Lipinski definition) is 4. The molecule has 0 bridgehead atoms. The third kappa shape index (κ3) is 4.70. The summed E-state index contributed by atoms with van der Waals surface area (Å²) in [6.45, 7) is 7.96. The number of aryl methyl sites for hydroxylation is 4. The molecule has 1 heterocycles. The largest absolute Gasteiger partial charge is 0.325 e. The number of aromatic nitrogens is 2. The second-order valence-electron chi connectivity index (χ2n) is 6.91. The van der Waals surface area contributed by atoms with Crippen LogP contribution in [0, 0.1) is 27.7 Å². The lowest BCUT2D eigenvalue weighted by atomic mass is 10.1.